The Bertz CT molecular complexity index is 706. The highest BCUT2D eigenvalue weighted by molar-refractivity contribution is 14.0. The number of aliphatic hydroxyl groups is 1. The molecule has 0 aliphatic carbocycles. The molecule has 1 unspecified atom stereocenters. The molecule has 0 aliphatic heterocycles. The van der Waals surface area contributed by atoms with Gasteiger partial charge in [-0.1, -0.05) is 12.1 Å². The predicted octanol–water partition coefficient (Wildman–Crippen LogP) is 3.20. The summed E-state index contributed by atoms with van der Waals surface area (Å²) >= 11 is 1.56. The van der Waals surface area contributed by atoms with Crippen molar-refractivity contribution in [3.63, 3.8) is 0 Å². The van der Waals surface area contributed by atoms with E-state index in [1.807, 2.05) is 35.9 Å². The lowest BCUT2D eigenvalue weighted by atomic mass is 9.99. The van der Waals surface area contributed by atoms with Gasteiger partial charge < -0.3 is 15.7 Å². The molecule has 1 atom stereocenters. The van der Waals surface area contributed by atoms with Crippen LogP contribution < -0.4 is 10.6 Å². The molecule has 1 aromatic heterocycles. The third kappa shape index (κ3) is 6.65. The third-order valence-corrected chi connectivity index (χ3v) is 4.27. The van der Waals surface area contributed by atoms with Crippen molar-refractivity contribution in [2.24, 2.45) is 4.99 Å². The molecule has 0 amide bonds. The predicted molar refractivity (Wildman–Crippen MR) is 113 cm³/mol. The van der Waals surface area contributed by atoms with Crippen LogP contribution in [0, 0.1) is 11.3 Å². The third-order valence-electron chi connectivity index (χ3n) is 3.59. The number of aliphatic imine (C=N–C) groups is 1. The Morgan fingerprint density at radius 2 is 2.00 bits per heavy atom. The fraction of sp³-hybridized carbons (Fsp3) is 0.333. The maximum absolute atomic E-state index is 10.6. The highest BCUT2D eigenvalue weighted by Gasteiger charge is 2.23. The highest BCUT2D eigenvalue weighted by atomic mass is 127. The second kappa shape index (κ2) is 10.4. The summed E-state index contributed by atoms with van der Waals surface area (Å²) in [5.41, 5.74) is 1.60. The van der Waals surface area contributed by atoms with Crippen molar-refractivity contribution in [1.82, 2.24) is 10.6 Å². The van der Waals surface area contributed by atoms with E-state index in [1.165, 1.54) is 0 Å². The number of benzene rings is 1. The Balaban J connectivity index is 0.00000312. The molecule has 7 heteroatoms. The van der Waals surface area contributed by atoms with Crippen molar-refractivity contribution in [3.8, 4) is 6.07 Å². The zero-order valence-electron chi connectivity index (χ0n) is 14.3. The Hall–Kier alpha value is -1.63. The molecule has 0 radical (unpaired) electrons. The monoisotopic (exact) mass is 470 g/mol. The van der Waals surface area contributed by atoms with Gasteiger partial charge in [0.05, 0.1) is 24.7 Å². The van der Waals surface area contributed by atoms with Crippen molar-refractivity contribution in [1.29, 1.82) is 5.26 Å². The lowest BCUT2D eigenvalue weighted by Crippen LogP contribution is -2.44. The summed E-state index contributed by atoms with van der Waals surface area (Å²) in [6.07, 6.45) is 0. The first-order chi connectivity index (χ1) is 11.5. The fourth-order valence-electron chi connectivity index (χ4n) is 2.13. The van der Waals surface area contributed by atoms with E-state index in [0.29, 0.717) is 24.6 Å². The minimum Gasteiger partial charge on any atom is -0.384 e. The van der Waals surface area contributed by atoms with E-state index < -0.39 is 5.60 Å². The van der Waals surface area contributed by atoms with E-state index in [1.54, 1.807) is 30.4 Å². The number of guanidine groups is 1. The van der Waals surface area contributed by atoms with Crippen LogP contribution in [0.25, 0.3) is 0 Å². The largest absolute Gasteiger partial charge is 0.384 e. The van der Waals surface area contributed by atoms with Gasteiger partial charge in [-0.15, -0.1) is 24.0 Å². The number of halogens is 1. The normalized spacial score (nSPS) is 13.3. The fourth-order valence-corrected chi connectivity index (χ4v) is 2.91. The Kier molecular flexibility index (Phi) is 8.89. The maximum atomic E-state index is 10.6. The van der Waals surface area contributed by atoms with Crippen LogP contribution in [0.2, 0.25) is 0 Å². The molecule has 3 N–H and O–H groups in total. The number of hydrogen-bond donors (Lipinski definition) is 3. The minimum atomic E-state index is -0.954. The van der Waals surface area contributed by atoms with E-state index in [-0.39, 0.29) is 24.0 Å². The average Bonchev–Trinajstić information content (AvgIpc) is 3.13. The van der Waals surface area contributed by atoms with Crippen LogP contribution in [-0.4, -0.2) is 24.2 Å². The summed E-state index contributed by atoms with van der Waals surface area (Å²) < 4.78 is 0. The van der Waals surface area contributed by atoms with Crippen molar-refractivity contribution >= 4 is 41.3 Å². The first kappa shape index (κ1) is 21.4. The SMILES string of the molecule is CCNC(=NCc1ccc(C#N)cc1)NCC(C)(O)c1ccsc1.I. The van der Waals surface area contributed by atoms with Gasteiger partial charge in [-0.25, -0.2) is 4.99 Å². The molecule has 0 saturated heterocycles. The molecule has 0 spiro atoms. The van der Waals surface area contributed by atoms with Gasteiger partial charge in [-0.3, -0.25) is 0 Å². The smallest absolute Gasteiger partial charge is 0.191 e. The second-order valence-electron chi connectivity index (χ2n) is 5.64. The van der Waals surface area contributed by atoms with Gasteiger partial charge in [0.25, 0.3) is 0 Å². The van der Waals surface area contributed by atoms with E-state index >= 15 is 0 Å². The number of rotatable bonds is 6. The highest BCUT2D eigenvalue weighted by Crippen LogP contribution is 2.21. The standard InChI is InChI=1S/C18H22N4OS.HI/c1-3-20-17(21-11-15-6-4-14(10-19)5-7-15)22-13-18(2,23)16-8-9-24-12-16;/h4-9,12,23H,3,11,13H2,1-2H3,(H2,20,21,22);1H. The Morgan fingerprint density at radius 3 is 2.56 bits per heavy atom. The summed E-state index contributed by atoms with van der Waals surface area (Å²) in [5.74, 6) is 0.650. The topological polar surface area (TPSA) is 80.4 Å². The first-order valence-corrected chi connectivity index (χ1v) is 8.75. The van der Waals surface area contributed by atoms with Crippen LogP contribution >= 0.6 is 35.3 Å². The van der Waals surface area contributed by atoms with Crippen molar-refractivity contribution in [3.05, 3.63) is 57.8 Å². The molecule has 0 saturated carbocycles. The number of thiophene rings is 1. The molecule has 1 heterocycles. The minimum absolute atomic E-state index is 0. The molecular formula is C18H23IN4OS. The van der Waals surface area contributed by atoms with Crippen molar-refractivity contribution in [2.45, 2.75) is 26.0 Å². The zero-order valence-corrected chi connectivity index (χ0v) is 17.5. The molecular weight excluding hydrogens is 447 g/mol. The summed E-state index contributed by atoms with van der Waals surface area (Å²) in [5, 5.41) is 29.6. The van der Waals surface area contributed by atoms with Crippen LogP contribution in [0.4, 0.5) is 0 Å². The van der Waals surface area contributed by atoms with Gasteiger partial charge in [0.15, 0.2) is 5.96 Å². The number of hydrogen-bond acceptors (Lipinski definition) is 4. The van der Waals surface area contributed by atoms with Gasteiger partial charge in [-0.05, 0) is 53.9 Å². The van der Waals surface area contributed by atoms with E-state index in [4.69, 9.17) is 5.26 Å². The quantitative estimate of drug-likeness (QED) is 0.344. The summed E-state index contributed by atoms with van der Waals surface area (Å²) in [7, 11) is 0. The molecule has 0 aliphatic rings. The first-order valence-electron chi connectivity index (χ1n) is 7.81. The number of nitrogens with zero attached hydrogens (tertiary/aromatic N) is 2. The lowest BCUT2D eigenvalue weighted by Gasteiger charge is -2.24. The van der Waals surface area contributed by atoms with Gasteiger partial charge in [-0.2, -0.15) is 16.6 Å². The van der Waals surface area contributed by atoms with Crippen LogP contribution in [0.5, 0.6) is 0 Å². The maximum Gasteiger partial charge on any atom is 0.191 e. The second-order valence-corrected chi connectivity index (χ2v) is 6.42. The molecule has 5 nitrogen and oxygen atoms in total. The average molecular weight is 470 g/mol. The Labute approximate surface area is 169 Å². The van der Waals surface area contributed by atoms with Gasteiger partial charge in [0, 0.05) is 6.54 Å². The van der Waals surface area contributed by atoms with E-state index in [9.17, 15) is 5.11 Å². The van der Waals surface area contributed by atoms with E-state index in [0.717, 1.165) is 17.7 Å². The number of nitriles is 1. The Morgan fingerprint density at radius 1 is 1.28 bits per heavy atom. The molecule has 1 aromatic carbocycles. The lowest BCUT2D eigenvalue weighted by molar-refractivity contribution is 0.0621. The molecule has 2 rings (SSSR count). The summed E-state index contributed by atoms with van der Waals surface area (Å²) in [4.78, 5) is 4.53. The van der Waals surface area contributed by atoms with Crippen LogP contribution in [-0.2, 0) is 12.1 Å². The number of nitrogens with one attached hydrogen (secondary N) is 2. The molecule has 25 heavy (non-hydrogen) atoms. The molecule has 0 fully saturated rings. The van der Waals surface area contributed by atoms with Crippen LogP contribution in [0.3, 0.4) is 0 Å². The summed E-state index contributed by atoms with van der Waals surface area (Å²) in [6.45, 7) is 5.38. The van der Waals surface area contributed by atoms with Gasteiger partial charge >= 0.3 is 0 Å². The molecule has 2 aromatic rings. The van der Waals surface area contributed by atoms with E-state index in [2.05, 4.69) is 21.7 Å². The van der Waals surface area contributed by atoms with Crippen molar-refractivity contribution < 1.29 is 5.11 Å². The molecule has 134 valence electrons. The van der Waals surface area contributed by atoms with Crippen LogP contribution in [0.1, 0.15) is 30.5 Å². The van der Waals surface area contributed by atoms with Crippen LogP contribution in [0.15, 0.2) is 46.1 Å². The zero-order chi connectivity index (χ0) is 17.4. The summed E-state index contributed by atoms with van der Waals surface area (Å²) in [6, 6.07) is 11.4. The van der Waals surface area contributed by atoms with Gasteiger partial charge in [0.2, 0.25) is 0 Å². The molecule has 0 bridgehead atoms. The van der Waals surface area contributed by atoms with Gasteiger partial charge in [0.1, 0.15) is 5.60 Å². The van der Waals surface area contributed by atoms with Crippen molar-refractivity contribution in [2.75, 3.05) is 13.1 Å².